The fourth-order valence-electron chi connectivity index (χ4n) is 1.48. The van der Waals surface area contributed by atoms with Crippen molar-refractivity contribution in [3.05, 3.63) is 63.9 Å². The second-order valence-electron chi connectivity index (χ2n) is 3.95. The Bertz CT molecular complexity index is 581. The van der Waals surface area contributed by atoms with Crippen LogP contribution >= 0.6 is 15.9 Å². The van der Waals surface area contributed by atoms with Gasteiger partial charge in [-0.1, -0.05) is 17.7 Å². The minimum absolute atomic E-state index is 0.288. The molecule has 2 aromatic rings. The maximum atomic E-state index is 13.3. The molecule has 1 N–H and O–H groups in total. The third-order valence-corrected chi connectivity index (χ3v) is 3.13. The Kier molecular flexibility index (Phi) is 3.77. The standard InChI is InChI=1S/C14H11BrFNO/c1-9-2-5-11(6-3-9)17-14(18)10-4-7-12(15)13(16)8-10/h2-8H,1H3,(H,17,18). The molecule has 0 unspecified atom stereocenters. The second-order valence-corrected chi connectivity index (χ2v) is 4.80. The fourth-order valence-corrected chi connectivity index (χ4v) is 1.72. The van der Waals surface area contributed by atoms with E-state index in [1.54, 1.807) is 6.07 Å². The average Bonchev–Trinajstić information content (AvgIpc) is 2.35. The van der Waals surface area contributed by atoms with E-state index in [2.05, 4.69) is 21.2 Å². The van der Waals surface area contributed by atoms with Crippen molar-refractivity contribution in [2.75, 3.05) is 5.32 Å². The third-order valence-electron chi connectivity index (χ3n) is 2.49. The summed E-state index contributed by atoms with van der Waals surface area (Å²) in [5, 5.41) is 2.71. The Labute approximate surface area is 113 Å². The molecule has 2 rings (SSSR count). The molecule has 1 amide bonds. The molecule has 0 spiro atoms. The monoisotopic (exact) mass is 307 g/mol. The van der Waals surface area contributed by atoms with Crippen molar-refractivity contribution in [2.45, 2.75) is 6.92 Å². The van der Waals surface area contributed by atoms with E-state index >= 15 is 0 Å². The van der Waals surface area contributed by atoms with Gasteiger partial charge < -0.3 is 5.32 Å². The Hall–Kier alpha value is -1.68. The minimum Gasteiger partial charge on any atom is -0.322 e. The Morgan fingerprint density at radius 1 is 1.17 bits per heavy atom. The predicted octanol–water partition coefficient (Wildman–Crippen LogP) is 4.15. The molecule has 0 radical (unpaired) electrons. The first kappa shape index (κ1) is 12.8. The summed E-state index contributed by atoms with van der Waals surface area (Å²) in [6.45, 7) is 1.97. The van der Waals surface area contributed by atoms with Gasteiger partial charge in [0, 0.05) is 11.3 Å². The largest absolute Gasteiger partial charge is 0.322 e. The maximum absolute atomic E-state index is 13.3. The van der Waals surface area contributed by atoms with Crippen LogP contribution in [0.5, 0.6) is 0 Å². The van der Waals surface area contributed by atoms with Crippen molar-refractivity contribution in [1.82, 2.24) is 0 Å². The molecule has 0 bridgehead atoms. The highest BCUT2D eigenvalue weighted by Crippen LogP contribution is 2.17. The molecule has 0 aliphatic carbocycles. The van der Waals surface area contributed by atoms with Crippen LogP contribution in [0.1, 0.15) is 15.9 Å². The SMILES string of the molecule is Cc1ccc(NC(=O)c2ccc(Br)c(F)c2)cc1. The van der Waals surface area contributed by atoms with E-state index in [0.717, 1.165) is 5.56 Å². The van der Waals surface area contributed by atoms with E-state index in [1.165, 1.54) is 12.1 Å². The third kappa shape index (κ3) is 2.96. The summed E-state index contributed by atoms with van der Waals surface area (Å²) in [5.41, 5.74) is 2.09. The summed E-state index contributed by atoms with van der Waals surface area (Å²) in [7, 11) is 0. The van der Waals surface area contributed by atoms with Gasteiger partial charge in [-0.15, -0.1) is 0 Å². The quantitative estimate of drug-likeness (QED) is 0.887. The summed E-state index contributed by atoms with van der Waals surface area (Å²) in [4.78, 5) is 11.9. The lowest BCUT2D eigenvalue weighted by molar-refractivity contribution is 0.102. The highest BCUT2D eigenvalue weighted by Gasteiger charge is 2.08. The van der Waals surface area contributed by atoms with Crippen molar-refractivity contribution >= 4 is 27.5 Å². The van der Waals surface area contributed by atoms with Gasteiger partial charge in [0.05, 0.1) is 4.47 Å². The molecule has 0 aliphatic rings. The smallest absolute Gasteiger partial charge is 0.255 e. The molecule has 0 aliphatic heterocycles. The van der Waals surface area contributed by atoms with Gasteiger partial charge >= 0.3 is 0 Å². The van der Waals surface area contributed by atoms with Crippen molar-refractivity contribution in [2.24, 2.45) is 0 Å². The molecule has 18 heavy (non-hydrogen) atoms. The first-order valence-electron chi connectivity index (χ1n) is 5.39. The van der Waals surface area contributed by atoms with E-state index in [1.807, 2.05) is 31.2 Å². The van der Waals surface area contributed by atoms with Crippen LogP contribution in [0.2, 0.25) is 0 Å². The summed E-state index contributed by atoms with van der Waals surface area (Å²) < 4.78 is 13.6. The summed E-state index contributed by atoms with van der Waals surface area (Å²) in [5.74, 6) is -0.781. The van der Waals surface area contributed by atoms with Gasteiger partial charge in [-0.3, -0.25) is 4.79 Å². The number of amides is 1. The fraction of sp³-hybridized carbons (Fsp3) is 0.0714. The number of hydrogen-bond acceptors (Lipinski definition) is 1. The number of halogens is 2. The van der Waals surface area contributed by atoms with Crippen LogP contribution in [0.25, 0.3) is 0 Å². The van der Waals surface area contributed by atoms with Crippen LogP contribution in [0.4, 0.5) is 10.1 Å². The molecule has 0 saturated carbocycles. The topological polar surface area (TPSA) is 29.1 Å². The highest BCUT2D eigenvalue weighted by molar-refractivity contribution is 9.10. The molecule has 0 atom stereocenters. The lowest BCUT2D eigenvalue weighted by Gasteiger charge is -2.06. The number of rotatable bonds is 2. The van der Waals surface area contributed by atoms with Crippen LogP contribution in [0.3, 0.4) is 0 Å². The number of aryl methyl sites for hydroxylation is 1. The number of nitrogens with one attached hydrogen (secondary N) is 1. The van der Waals surface area contributed by atoms with Gasteiger partial charge in [-0.05, 0) is 53.2 Å². The van der Waals surface area contributed by atoms with Gasteiger partial charge in [0.15, 0.2) is 0 Å². The van der Waals surface area contributed by atoms with Crippen LogP contribution < -0.4 is 5.32 Å². The molecule has 92 valence electrons. The lowest BCUT2D eigenvalue weighted by atomic mass is 10.2. The summed E-state index contributed by atoms with van der Waals surface area (Å²) in [6.07, 6.45) is 0. The molecule has 0 aromatic heterocycles. The van der Waals surface area contributed by atoms with E-state index in [-0.39, 0.29) is 11.5 Å². The van der Waals surface area contributed by atoms with Crippen LogP contribution in [-0.2, 0) is 0 Å². The minimum atomic E-state index is -0.452. The molecule has 0 heterocycles. The molecule has 2 nitrogen and oxygen atoms in total. The van der Waals surface area contributed by atoms with Gasteiger partial charge in [0.25, 0.3) is 5.91 Å². The first-order valence-corrected chi connectivity index (χ1v) is 6.18. The van der Waals surface area contributed by atoms with Crippen molar-refractivity contribution in [3.63, 3.8) is 0 Å². The van der Waals surface area contributed by atoms with E-state index in [9.17, 15) is 9.18 Å². The van der Waals surface area contributed by atoms with Crippen LogP contribution in [0, 0.1) is 12.7 Å². The van der Waals surface area contributed by atoms with E-state index in [0.29, 0.717) is 10.2 Å². The molecule has 0 saturated heterocycles. The predicted molar refractivity (Wildman–Crippen MR) is 73.2 cm³/mol. The van der Waals surface area contributed by atoms with Crippen molar-refractivity contribution in [1.29, 1.82) is 0 Å². The Balaban J connectivity index is 2.16. The average molecular weight is 308 g/mol. The van der Waals surface area contributed by atoms with Crippen LogP contribution in [0.15, 0.2) is 46.9 Å². The van der Waals surface area contributed by atoms with E-state index < -0.39 is 5.82 Å². The molecule has 0 fully saturated rings. The number of carbonyl (C=O) groups is 1. The molecule has 4 heteroatoms. The molecule has 2 aromatic carbocycles. The number of anilines is 1. The van der Waals surface area contributed by atoms with Crippen molar-refractivity contribution in [3.8, 4) is 0 Å². The number of benzene rings is 2. The maximum Gasteiger partial charge on any atom is 0.255 e. The zero-order chi connectivity index (χ0) is 13.1. The lowest BCUT2D eigenvalue weighted by Crippen LogP contribution is -2.12. The first-order chi connectivity index (χ1) is 8.56. The zero-order valence-corrected chi connectivity index (χ0v) is 11.3. The Morgan fingerprint density at radius 2 is 1.83 bits per heavy atom. The summed E-state index contributed by atoms with van der Waals surface area (Å²) >= 11 is 3.05. The van der Waals surface area contributed by atoms with Gasteiger partial charge in [-0.25, -0.2) is 4.39 Å². The van der Waals surface area contributed by atoms with Gasteiger partial charge in [0.1, 0.15) is 5.82 Å². The summed E-state index contributed by atoms with van der Waals surface area (Å²) in [6, 6.07) is 11.7. The number of hydrogen-bond donors (Lipinski definition) is 1. The second kappa shape index (κ2) is 5.31. The van der Waals surface area contributed by atoms with Gasteiger partial charge in [-0.2, -0.15) is 0 Å². The van der Waals surface area contributed by atoms with Gasteiger partial charge in [0.2, 0.25) is 0 Å². The zero-order valence-electron chi connectivity index (χ0n) is 9.71. The number of carbonyl (C=O) groups excluding carboxylic acids is 1. The van der Waals surface area contributed by atoms with Crippen LogP contribution in [-0.4, -0.2) is 5.91 Å². The van der Waals surface area contributed by atoms with E-state index in [4.69, 9.17) is 0 Å². The Morgan fingerprint density at radius 3 is 2.44 bits per heavy atom. The van der Waals surface area contributed by atoms with Crippen molar-refractivity contribution < 1.29 is 9.18 Å². The molecular weight excluding hydrogens is 297 g/mol. The molecular formula is C14H11BrFNO. The normalized spacial score (nSPS) is 10.2. The highest BCUT2D eigenvalue weighted by atomic mass is 79.9.